The standard InChI is InChI=1S/C14H13Cl2N3S/c1-8(17)4-10-7-20-14-18-13(6-19(10)14)9-2-3-11(15)12(16)5-9/h2-3,5-8H,4,17H2,1H3. The minimum Gasteiger partial charge on any atom is -0.328 e. The molecule has 0 aliphatic rings. The van der Waals surface area contributed by atoms with Crippen LogP contribution in [0.3, 0.4) is 0 Å². The molecule has 0 bridgehead atoms. The van der Waals surface area contributed by atoms with Crippen molar-refractivity contribution in [2.24, 2.45) is 5.73 Å². The first-order valence-electron chi connectivity index (χ1n) is 6.21. The topological polar surface area (TPSA) is 43.3 Å². The molecule has 0 saturated heterocycles. The molecule has 1 aromatic carbocycles. The van der Waals surface area contributed by atoms with Gasteiger partial charge in [0.15, 0.2) is 4.96 Å². The molecule has 2 aromatic heterocycles. The lowest BCUT2D eigenvalue weighted by Gasteiger charge is -2.02. The smallest absolute Gasteiger partial charge is 0.194 e. The van der Waals surface area contributed by atoms with Crippen LogP contribution in [-0.4, -0.2) is 15.4 Å². The second-order valence-corrected chi connectivity index (χ2v) is 6.47. The molecule has 1 atom stereocenters. The maximum Gasteiger partial charge on any atom is 0.194 e. The van der Waals surface area contributed by atoms with E-state index in [0.717, 1.165) is 22.6 Å². The van der Waals surface area contributed by atoms with E-state index in [-0.39, 0.29) is 6.04 Å². The van der Waals surface area contributed by atoms with Gasteiger partial charge in [0.1, 0.15) is 0 Å². The third-order valence-corrected chi connectivity index (χ3v) is 4.66. The van der Waals surface area contributed by atoms with Crippen molar-refractivity contribution in [2.75, 3.05) is 0 Å². The first kappa shape index (κ1) is 13.9. The zero-order valence-electron chi connectivity index (χ0n) is 10.8. The molecule has 0 aliphatic heterocycles. The maximum atomic E-state index is 6.06. The monoisotopic (exact) mass is 325 g/mol. The quantitative estimate of drug-likeness (QED) is 0.781. The summed E-state index contributed by atoms with van der Waals surface area (Å²) in [6.45, 7) is 2.00. The molecule has 2 heterocycles. The van der Waals surface area contributed by atoms with Gasteiger partial charge in [-0.05, 0) is 19.1 Å². The Hall–Kier alpha value is -1.07. The molecular formula is C14H13Cl2N3S. The molecule has 0 amide bonds. The first-order chi connectivity index (χ1) is 9.54. The maximum absolute atomic E-state index is 6.06. The number of nitrogens with zero attached hydrogens (tertiary/aromatic N) is 2. The largest absolute Gasteiger partial charge is 0.328 e. The lowest BCUT2D eigenvalue weighted by atomic mass is 10.2. The van der Waals surface area contributed by atoms with Gasteiger partial charge in [-0.15, -0.1) is 11.3 Å². The third kappa shape index (κ3) is 2.56. The number of halogens is 2. The Morgan fingerprint density at radius 3 is 2.85 bits per heavy atom. The Balaban J connectivity index is 2.04. The van der Waals surface area contributed by atoms with Crippen molar-refractivity contribution in [1.82, 2.24) is 9.38 Å². The van der Waals surface area contributed by atoms with Gasteiger partial charge in [0.05, 0.1) is 15.7 Å². The van der Waals surface area contributed by atoms with Crippen LogP contribution in [0.4, 0.5) is 0 Å². The normalized spacial score (nSPS) is 13.0. The van der Waals surface area contributed by atoms with E-state index in [9.17, 15) is 0 Å². The van der Waals surface area contributed by atoms with Gasteiger partial charge in [-0.25, -0.2) is 4.98 Å². The van der Waals surface area contributed by atoms with E-state index in [2.05, 4.69) is 14.8 Å². The van der Waals surface area contributed by atoms with Crippen LogP contribution in [0, 0.1) is 0 Å². The fraction of sp³-hybridized carbons (Fsp3) is 0.214. The number of nitrogens with two attached hydrogens (primary N) is 1. The van der Waals surface area contributed by atoms with Crippen molar-refractivity contribution in [1.29, 1.82) is 0 Å². The van der Waals surface area contributed by atoms with Crippen LogP contribution < -0.4 is 5.73 Å². The molecule has 3 aromatic rings. The minimum absolute atomic E-state index is 0.128. The lowest BCUT2D eigenvalue weighted by Crippen LogP contribution is -2.18. The van der Waals surface area contributed by atoms with Crippen LogP contribution in [0.15, 0.2) is 29.8 Å². The first-order valence-corrected chi connectivity index (χ1v) is 7.84. The highest BCUT2D eigenvalue weighted by Gasteiger charge is 2.11. The van der Waals surface area contributed by atoms with E-state index in [1.807, 2.05) is 25.3 Å². The Labute approximate surface area is 131 Å². The third-order valence-electron chi connectivity index (χ3n) is 3.03. The highest BCUT2D eigenvalue weighted by atomic mass is 35.5. The molecule has 3 rings (SSSR count). The molecule has 20 heavy (non-hydrogen) atoms. The summed E-state index contributed by atoms with van der Waals surface area (Å²) in [7, 11) is 0. The van der Waals surface area contributed by atoms with Crippen LogP contribution in [0.25, 0.3) is 16.2 Å². The van der Waals surface area contributed by atoms with E-state index >= 15 is 0 Å². The number of benzene rings is 1. The van der Waals surface area contributed by atoms with Crippen LogP contribution in [0.2, 0.25) is 10.0 Å². The van der Waals surface area contributed by atoms with Gasteiger partial charge in [-0.1, -0.05) is 29.3 Å². The second kappa shape index (κ2) is 5.37. The molecule has 0 saturated carbocycles. The van der Waals surface area contributed by atoms with E-state index < -0.39 is 0 Å². The molecular weight excluding hydrogens is 313 g/mol. The highest BCUT2D eigenvalue weighted by Crippen LogP contribution is 2.29. The summed E-state index contributed by atoms with van der Waals surface area (Å²) in [4.78, 5) is 5.58. The fourth-order valence-corrected chi connectivity index (χ4v) is 3.28. The average Bonchev–Trinajstić information content (AvgIpc) is 2.94. The molecule has 2 N–H and O–H groups in total. The van der Waals surface area contributed by atoms with Gasteiger partial charge >= 0.3 is 0 Å². The van der Waals surface area contributed by atoms with Gasteiger partial charge in [-0.2, -0.15) is 0 Å². The summed E-state index contributed by atoms with van der Waals surface area (Å²) < 4.78 is 2.09. The predicted octanol–water partition coefficient (Wildman–Crippen LogP) is 4.26. The van der Waals surface area contributed by atoms with E-state index in [4.69, 9.17) is 28.9 Å². The molecule has 104 valence electrons. The van der Waals surface area contributed by atoms with Gasteiger partial charge < -0.3 is 5.73 Å². The zero-order chi connectivity index (χ0) is 14.3. The summed E-state index contributed by atoms with van der Waals surface area (Å²) in [6.07, 6.45) is 2.85. The Morgan fingerprint density at radius 2 is 2.15 bits per heavy atom. The van der Waals surface area contributed by atoms with Crippen LogP contribution in [0.5, 0.6) is 0 Å². The van der Waals surface area contributed by atoms with Gasteiger partial charge in [0, 0.05) is 35.3 Å². The molecule has 0 aliphatic carbocycles. The van der Waals surface area contributed by atoms with E-state index in [1.165, 1.54) is 5.69 Å². The number of rotatable bonds is 3. The van der Waals surface area contributed by atoms with Crippen molar-refractivity contribution in [3.63, 3.8) is 0 Å². The van der Waals surface area contributed by atoms with Crippen molar-refractivity contribution in [3.8, 4) is 11.3 Å². The van der Waals surface area contributed by atoms with Crippen molar-refractivity contribution >= 4 is 39.5 Å². The summed E-state index contributed by atoms with van der Waals surface area (Å²) in [5.41, 5.74) is 8.90. The number of hydrogen-bond donors (Lipinski definition) is 1. The average molecular weight is 326 g/mol. The number of fused-ring (bicyclic) bond motifs is 1. The second-order valence-electron chi connectivity index (χ2n) is 4.82. The molecule has 1 unspecified atom stereocenters. The summed E-state index contributed by atoms with van der Waals surface area (Å²) in [5, 5.41) is 3.19. The number of imidazole rings is 1. The Kier molecular flexibility index (Phi) is 3.73. The minimum atomic E-state index is 0.128. The summed E-state index contributed by atoms with van der Waals surface area (Å²) >= 11 is 13.6. The molecule has 3 nitrogen and oxygen atoms in total. The van der Waals surface area contributed by atoms with Gasteiger partial charge in [-0.3, -0.25) is 4.40 Å². The van der Waals surface area contributed by atoms with E-state index in [1.54, 1.807) is 17.4 Å². The van der Waals surface area contributed by atoms with Crippen molar-refractivity contribution < 1.29 is 0 Å². The van der Waals surface area contributed by atoms with Gasteiger partial charge in [0.25, 0.3) is 0 Å². The Bertz CT molecular complexity index is 761. The number of hydrogen-bond acceptors (Lipinski definition) is 3. The predicted molar refractivity (Wildman–Crippen MR) is 85.9 cm³/mol. The molecule has 0 spiro atoms. The Morgan fingerprint density at radius 1 is 1.35 bits per heavy atom. The van der Waals surface area contributed by atoms with Crippen LogP contribution in [0.1, 0.15) is 12.6 Å². The van der Waals surface area contributed by atoms with Crippen LogP contribution >= 0.6 is 34.5 Å². The highest BCUT2D eigenvalue weighted by molar-refractivity contribution is 7.15. The fourth-order valence-electron chi connectivity index (χ4n) is 2.10. The van der Waals surface area contributed by atoms with Crippen molar-refractivity contribution in [3.05, 3.63) is 45.5 Å². The molecule has 0 fully saturated rings. The molecule has 6 heteroatoms. The van der Waals surface area contributed by atoms with Crippen LogP contribution in [-0.2, 0) is 6.42 Å². The number of thiazole rings is 1. The zero-order valence-corrected chi connectivity index (χ0v) is 13.1. The number of aromatic nitrogens is 2. The summed E-state index contributed by atoms with van der Waals surface area (Å²) in [6, 6.07) is 5.67. The molecule has 0 radical (unpaired) electrons. The summed E-state index contributed by atoms with van der Waals surface area (Å²) in [5.74, 6) is 0. The van der Waals surface area contributed by atoms with Gasteiger partial charge in [0.2, 0.25) is 0 Å². The SMILES string of the molecule is CC(N)Cc1csc2nc(-c3ccc(Cl)c(Cl)c3)cn12. The lowest BCUT2D eigenvalue weighted by molar-refractivity contribution is 0.718. The van der Waals surface area contributed by atoms with Crippen molar-refractivity contribution in [2.45, 2.75) is 19.4 Å². The van der Waals surface area contributed by atoms with E-state index in [0.29, 0.717) is 10.0 Å².